The van der Waals surface area contributed by atoms with Gasteiger partial charge in [0.15, 0.2) is 0 Å². The zero-order chi connectivity index (χ0) is 12.3. The number of aryl methyl sites for hydroxylation is 1. The van der Waals surface area contributed by atoms with Crippen LogP contribution >= 0.6 is 0 Å². The molecule has 1 saturated heterocycles. The normalized spacial score (nSPS) is 19.8. The predicted molar refractivity (Wildman–Crippen MR) is 69.8 cm³/mol. The summed E-state index contributed by atoms with van der Waals surface area (Å²) in [5, 5.41) is 0. The summed E-state index contributed by atoms with van der Waals surface area (Å²) in [6.07, 6.45) is 9.77. The Morgan fingerprint density at radius 1 is 1.59 bits per heavy atom. The van der Waals surface area contributed by atoms with E-state index in [1.54, 1.807) is 0 Å². The Balaban J connectivity index is 2.24. The standard InChI is InChI=1S/C14H17N3/c1-4-12-7-6-8-17(10-12)14-15-11(3)9-13(5-2)16-14/h2,4,9,12H,1,6-8,10H2,3H3. The fraction of sp³-hybridized carbons (Fsp3) is 0.429. The van der Waals surface area contributed by atoms with Gasteiger partial charge in [-0.2, -0.15) is 0 Å². The first-order chi connectivity index (χ1) is 8.22. The first-order valence-electron chi connectivity index (χ1n) is 5.92. The maximum Gasteiger partial charge on any atom is 0.226 e. The van der Waals surface area contributed by atoms with E-state index in [4.69, 9.17) is 6.42 Å². The lowest BCUT2D eigenvalue weighted by molar-refractivity contribution is 0.479. The second-order valence-electron chi connectivity index (χ2n) is 4.42. The van der Waals surface area contributed by atoms with Crippen LogP contribution in [0.15, 0.2) is 18.7 Å². The molecule has 1 aliphatic rings. The van der Waals surface area contributed by atoms with Crippen LogP contribution in [0.5, 0.6) is 0 Å². The largest absolute Gasteiger partial charge is 0.340 e. The molecule has 1 aliphatic heterocycles. The molecule has 0 radical (unpaired) electrons. The van der Waals surface area contributed by atoms with Crippen LogP contribution in [0.4, 0.5) is 5.95 Å². The molecule has 1 aromatic heterocycles. The molecule has 0 aliphatic carbocycles. The highest BCUT2D eigenvalue weighted by atomic mass is 15.3. The zero-order valence-corrected chi connectivity index (χ0v) is 10.2. The van der Waals surface area contributed by atoms with E-state index >= 15 is 0 Å². The minimum Gasteiger partial charge on any atom is -0.340 e. The van der Waals surface area contributed by atoms with Crippen molar-refractivity contribution in [2.75, 3.05) is 18.0 Å². The minimum atomic E-state index is 0.530. The van der Waals surface area contributed by atoms with Gasteiger partial charge in [0.25, 0.3) is 0 Å². The molecule has 1 unspecified atom stereocenters. The summed E-state index contributed by atoms with van der Waals surface area (Å²) in [5.41, 5.74) is 1.58. The monoisotopic (exact) mass is 227 g/mol. The molecule has 0 spiro atoms. The minimum absolute atomic E-state index is 0.530. The lowest BCUT2D eigenvalue weighted by Crippen LogP contribution is -2.36. The molecule has 3 heteroatoms. The van der Waals surface area contributed by atoms with Gasteiger partial charge in [0.05, 0.1) is 0 Å². The lowest BCUT2D eigenvalue weighted by Gasteiger charge is -2.31. The number of rotatable bonds is 2. The number of anilines is 1. The lowest BCUT2D eigenvalue weighted by atomic mass is 9.99. The topological polar surface area (TPSA) is 29.0 Å². The van der Waals surface area contributed by atoms with E-state index in [1.807, 2.05) is 19.1 Å². The van der Waals surface area contributed by atoms with Crippen LogP contribution < -0.4 is 4.90 Å². The highest BCUT2D eigenvalue weighted by Gasteiger charge is 2.19. The maximum atomic E-state index is 5.40. The van der Waals surface area contributed by atoms with Gasteiger partial charge in [-0.25, -0.2) is 9.97 Å². The van der Waals surface area contributed by atoms with E-state index in [0.717, 1.165) is 31.2 Å². The first-order valence-corrected chi connectivity index (χ1v) is 5.92. The summed E-state index contributed by atoms with van der Waals surface area (Å²) >= 11 is 0. The van der Waals surface area contributed by atoms with E-state index in [9.17, 15) is 0 Å². The van der Waals surface area contributed by atoms with Gasteiger partial charge in [0, 0.05) is 18.8 Å². The van der Waals surface area contributed by atoms with Crippen LogP contribution in [0, 0.1) is 25.2 Å². The van der Waals surface area contributed by atoms with E-state index in [0.29, 0.717) is 11.6 Å². The Labute approximate surface area is 103 Å². The summed E-state index contributed by atoms with van der Waals surface area (Å²) in [7, 11) is 0. The van der Waals surface area contributed by atoms with Crippen LogP contribution in [0.25, 0.3) is 0 Å². The van der Waals surface area contributed by atoms with E-state index in [-0.39, 0.29) is 0 Å². The molecule has 2 heterocycles. The molecule has 0 N–H and O–H groups in total. The van der Waals surface area contributed by atoms with Gasteiger partial charge in [0.2, 0.25) is 5.95 Å². The number of terminal acetylenes is 1. The van der Waals surface area contributed by atoms with Crippen LogP contribution in [-0.2, 0) is 0 Å². The SMILES string of the molecule is C#Cc1cc(C)nc(N2CCCC(C=C)C2)n1. The molecule has 0 bridgehead atoms. The number of piperidine rings is 1. The molecule has 88 valence electrons. The Kier molecular flexibility index (Phi) is 3.43. The molecule has 3 nitrogen and oxygen atoms in total. The van der Waals surface area contributed by atoms with Gasteiger partial charge in [-0.15, -0.1) is 13.0 Å². The number of aromatic nitrogens is 2. The van der Waals surface area contributed by atoms with E-state index < -0.39 is 0 Å². The fourth-order valence-electron chi connectivity index (χ4n) is 2.15. The molecule has 0 saturated carbocycles. The average Bonchev–Trinajstić information content (AvgIpc) is 2.38. The van der Waals surface area contributed by atoms with Gasteiger partial charge in [-0.05, 0) is 31.7 Å². The molecular formula is C14H17N3. The first kappa shape index (κ1) is 11.7. The second-order valence-corrected chi connectivity index (χ2v) is 4.42. The fourth-order valence-corrected chi connectivity index (χ4v) is 2.15. The van der Waals surface area contributed by atoms with Crippen LogP contribution in [-0.4, -0.2) is 23.1 Å². The predicted octanol–water partition coefficient (Wildman–Crippen LogP) is 2.17. The molecule has 1 fully saturated rings. The van der Waals surface area contributed by atoms with Gasteiger partial charge in [0.1, 0.15) is 5.69 Å². The van der Waals surface area contributed by atoms with Crippen molar-refractivity contribution in [1.29, 1.82) is 0 Å². The summed E-state index contributed by atoms with van der Waals surface area (Å²) in [5.74, 6) is 3.86. The van der Waals surface area contributed by atoms with Gasteiger partial charge < -0.3 is 4.90 Å². The molecule has 1 atom stereocenters. The quantitative estimate of drug-likeness (QED) is 0.572. The van der Waals surface area contributed by atoms with Crippen molar-refractivity contribution in [2.45, 2.75) is 19.8 Å². The maximum absolute atomic E-state index is 5.40. The Morgan fingerprint density at radius 2 is 2.41 bits per heavy atom. The molecule has 0 aromatic carbocycles. The third kappa shape index (κ3) is 2.65. The van der Waals surface area contributed by atoms with Crippen molar-refractivity contribution in [3.8, 4) is 12.3 Å². The van der Waals surface area contributed by atoms with Crippen molar-refractivity contribution >= 4 is 5.95 Å². The smallest absolute Gasteiger partial charge is 0.226 e. The molecule has 2 rings (SSSR count). The summed E-state index contributed by atoms with van der Waals surface area (Å²) in [6, 6.07) is 1.83. The molecule has 1 aromatic rings. The van der Waals surface area contributed by atoms with Crippen molar-refractivity contribution < 1.29 is 0 Å². The summed E-state index contributed by atoms with van der Waals surface area (Å²) < 4.78 is 0. The molecule has 0 amide bonds. The van der Waals surface area contributed by atoms with Gasteiger partial charge in [-0.1, -0.05) is 12.0 Å². The summed E-state index contributed by atoms with van der Waals surface area (Å²) in [4.78, 5) is 11.0. The Morgan fingerprint density at radius 3 is 3.12 bits per heavy atom. The molecular weight excluding hydrogens is 210 g/mol. The average molecular weight is 227 g/mol. The highest BCUT2D eigenvalue weighted by Crippen LogP contribution is 2.21. The number of hydrogen-bond donors (Lipinski definition) is 0. The third-order valence-electron chi connectivity index (χ3n) is 3.06. The third-order valence-corrected chi connectivity index (χ3v) is 3.06. The highest BCUT2D eigenvalue weighted by molar-refractivity contribution is 5.37. The zero-order valence-electron chi connectivity index (χ0n) is 10.2. The second kappa shape index (κ2) is 5.01. The van der Waals surface area contributed by atoms with Crippen LogP contribution in [0.3, 0.4) is 0 Å². The summed E-state index contributed by atoms with van der Waals surface area (Å²) in [6.45, 7) is 7.75. The van der Waals surface area contributed by atoms with Crippen LogP contribution in [0.2, 0.25) is 0 Å². The van der Waals surface area contributed by atoms with Crippen LogP contribution in [0.1, 0.15) is 24.2 Å². The van der Waals surface area contributed by atoms with Crippen molar-refractivity contribution in [1.82, 2.24) is 9.97 Å². The van der Waals surface area contributed by atoms with E-state index in [1.165, 1.54) is 6.42 Å². The van der Waals surface area contributed by atoms with Crippen molar-refractivity contribution in [3.05, 3.63) is 30.1 Å². The van der Waals surface area contributed by atoms with Gasteiger partial charge in [-0.3, -0.25) is 0 Å². The number of hydrogen-bond acceptors (Lipinski definition) is 3. The van der Waals surface area contributed by atoms with E-state index in [2.05, 4.69) is 27.4 Å². The number of nitrogens with zero attached hydrogens (tertiary/aromatic N) is 3. The Bertz CT molecular complexity index is 459. The molecule has 17 heavy (non-hydrogen) atoms. The van der Waals surface area contributed by atoms with Crippen molar-refractivity contribution in [3.63, 3.8) is 0 Å². The van der Waals surface area contributed by atoms with Crippen molar-refractivity contribution in [2.24, 2.45) is 5.92 Å². The van der Waals surface area contributed by atoms with Gasteiger partial charge >= 0.3 is 0 Å². The Hall–Kier alpha value is -1.82.